The Labute approximate surface area is 118 Å². The van der Waals surface area contributed by atoms with Crippen LogP contribution in [-0.2, 0) is 14.6 Å². The van der Waals surface area contributed by atoms with Crippen molar-refractivity contribution < 1.29 is 13.2 Å². The minimum atomic E-state index is -3.81. The zero-order valence-electron chi connectivity index (χ0n) is 11.0. The van der Waals surface area contributed by atoms with Gasteiger partial charge in [-0.2, -0.15) is 0 Å². The normalized spacial score (nSPS) is 12.2. The van der Waals surface area contributed by atoms with Gasteiger partial charge in [0.15, 0.2) is 9.84 Å². The third-order valence-corrected chi connectivity index (χ3v) is 4.22. The zero-order chi connectivity index (χ0) is 14.8. The molecule has 0 aliphatic rings. The first-order valence-corrected chi connectivity index (χ1v) is 7.63. The van der Waals surface area contributed by atoms with E-state index in [1.165, 1.54) is 18.2 Å². The van der Waals surface area contributed by atoms with Crippen molar-refractivity contribution in [3.05, 3.63) is 23.2 Å². The van der Waals surface area contributed by atoms with Crippen molar-refractivity contribution in [2.75, 3.05) is 11.5 Å². The van der Waals surface area contributed by atoms with Gasteiger partial charge in [-0.05, 0) is 39.0 Å². The van der Waals surface area contributed by atoms with Crippen LogP contribution < -0.4 is 11.1 Å². The molecule has 0 heterocycles. The molecule has 0 aliphatic heterocycles. The predicted octanol–water partition coefficient (Wildman–Crippen LogP) is 1.61. The van der Waals surface area contributed by atoms with Gasteiger partial charge in [-0.3, -0.25) is 4.79 Å². The average molecular weight is 305 g/mol. The number of hydrogen-bond acceptors (Lipinski definition) is 4. The van der Waals surface area contributed by atoms with Crippen LogP contribution in [0.15, 0.2) is 23.1 Å². The van der Waals surface area contributed by atoms with Gasteiger partial charge in [-0.1, -0.05) is 11.6 Å². The van der Waals surface area contributed by atoms with E-state index in [1.54, 1.807) is 20.8 Å². The summed E-state index contributed by atoms with van der Waals surface area (Å²) in [5.74, 6) is -1.24. The molecule has 0 unspecified atom stereocenters. The van der Waals surface area contributed by atoms with E-state index in [9.17, 15) is 13.2 Å². The lowest BCUT2D eigenvalue weighted by atomic mass is 10.1. The fourth-order valence-electron chi connectivity index (χ4n) is 1.46. The molecule has 1 aromatic carbocycles. The Balaban J connectivity index is 2.99. The van der Waals surface area contributed by atoms with E-state index in [2.05, 4.69) is 5.32 Å². The highest BCUT2D eigenvalue weighted by molar-refractivity contribution is 7.92. The Morgan fingerprint density at radius 2 is 1.95 bits per heavy atom. The van der Waals surface area contributed by atoms with Crippen LogP contribution in [0.5, 0.6) is 0 Å². The molecule has 0 spiro atoms. The molecule has 7 heteroatoms. The molecule has 0 radical (unpaired) electrons. The average Bonchev–Trinajstić information content (AvgIpc) is 2.17. The molecule has 3 N–H and O–H groups in total. The first-order chi connectivity index (χ1) is 8.51. The fraction of sp³-hybridized carbons (Fsp3) is 0.417. The van der Waals surface area contributed by atoms with Crippen molar-refractivity contribution in [1.29, 1.82) is 0 Å². The van der Waals surface area contributed by atoms with Crippen LogP contribution in [0.4, 0.5) is 5.69 Å². The summed E-state index contributed by atoms with van der Waals surface area (Å²) in [4.78, 5) is 11.6. The maximum absolute atomic E-state index is 12.1. The van der Waals surface area contributed by atoms with Gasteiger partial charge in [0.1, 0.15) is 5.75 Å². The summed E-state index contributed by atoms with van der Waals surface area (Å²) in [6, 6.07) is 4.14. The number of halogens is 1. The molecule has 1 amide bonds. The molecule has 0 aromatic heterocycles. The number of nitrogen functional groups attached to an aromatic ring is 1. The van der Waals surface area contributed by atoms with Crippen LogP contribution in [0, 0.1) is 0 Å². The molecule has 5 nitrogen and oxygen atoms in total. The second-order valence-electron chi connectivity index (χ2n) is 5.25. The Kier molecular flexibility index (Phi) is 4.47. The summed E-state index contributed by atoms with van der Waals surface area (Å²) in [5, 5.41) is 2.64. The molecule has 0 atom stereocenters. The van der Waals surface area contributed by atoms with E-state index in [0.717, 1.165) is 0 Å². The van der Waals surface area contributed by atoms with Crippen molar-refractivity contribution in [3.63, 3.8) is 0 Å². The second kappa shape index (κ2) is 5.38. The van der Waals surface area contributed by atoms with Gasteiger partial charge in [-0.25, -0.2) is 8.42 Å². The van der Waals surface area contributed by atoms with Gasteiger partial charge >= 0.3 is 0 Å². The molecule has 106 valence electrons. The number of anilines is 1. The van der Waals surface area contributed by atoms with Crippen LogP contribution in [0.1, 0.15) is 20.8 Å². The number of nitrogens with one attached hydrogen (secondary N) is 1. The summed E-state index contributed by atoms with van der Waals surface area (Å²) in [7, 11) is -3.81. The minimum Gasteiger partial charge on any atom is -0.399 e. The topological polar surface area (TPSA) is 89.3 Å². The third kappa shape index (κ3) is 4.72. The second-order valence-corrected chi connectivity index (χ2v) is 7.61. The van der Waals surface area contributed by atoms with E-state index in [-0.39, 0.29) is 15.6 Å². The summed E-state index contributed by atoms with van der Waals surface area (Å²) in [6.07, 6.45) is 0. The van der Waals surface area contributed by atoms with Crippen LogP contribution in [0.3, 0.4) is 0 Å². The molecule has 0 saturated heterocycles. The largest absolute Gasteiger partial charge is 0.399 e. The van der Waals surface area contributed by atoms with Crippen LogP contribution in [0.2, 0.25) is 5.02 Å². The molecule has 0 bridgehead atoms. The first kappa shape index (κ1) is 15.8. The lowest BCUT2D eigenvalue weighted by Crippen LogP contribution is -2.43. The van der Waals surface area contributed by atoms with Crippen molar-refractivity contribution in [3.8, 4) is 0 Å². The van der Waals surface area contributed by atoms with Crippen molar-refractivity contribution in [2.24, 2.45) is 0 Å². The summed E-state index contributed by atoms with van der Waals surface area (Å²) < 4.78 is 24.2. The Hall–Kier alpha value is -1.27. The number of carbonyl (C=O) groups is 1. The minimum absolute atomic E-state index is 0.0535. The maximum atomic E-state index is 12.1. The number of rotatable bonds is 3. The van der Waals surface area contributed by atoms with Crippen molar-refractivity contribution >= 4 is 33.0 Å². The van der Waals surface area contributed by atoms with Gasteiger partial charge in [0.2, 0.25) is 5.91 Å². The van der Waals surface area contributed by atoms with E-state index in [1.807, 2.05) is 0 Å². The number of benzene rings is 1. The van der Waals surface area contributed by atoms with Crippen LogP contribution in [0.25, 0.3) is 0 Å². The molecule has 0 saturated carbocycles. The zero-order valence-corrected chi connectivity index (χ0v) is 12.6. The summed E-state index contributed by atoms with van der Waals surface area (Å²) in [5.41, 5.74) is 5.32. The predicted molar refractivity (Wildman–Crippen MR) is 75.8 cm³/mol. The third-order valence-electron chi connectivity index (χ3n) is 2.13. The number of carbonyl (C=O) groups excluding carboxylic acids is 1. The van der Waals surface area contributed by atoms with Gasteiger partial charge in [0.05, 0.1) is 9.92 Å². The molecular formula is C12H17ClN2O3S. The van der Waals surface area contributed by atoms with Crippen LogP contribution >= 0.6 is 11.6 Å². The van der Waals surface area contributed by atoms with Crippen molar-refractivity contribution in [1.82, 2.24) is 5.32 Å². The quantitative estimate of drug-likeness (QED) is 0.830. The summed E-state index contributed by atoms with van der Waals surface area (Å²) in [6.45, 7) is 5.31. The number of sulfone groups is 1. The molecule has 1 rings (SSSR count). The lowest BCUT2D eigenvalue weighted by molar-refractivity contribution is -0.120. The highest BCUT2D eigenvalue weighted by atomic mass is 35.5. The van der Waals surface area contributed by atoms with Crippen molar-refractivity contribution in [2.45, 2.75) is 31.2 Å². The molecule has 19 heavy (non-hydrogen) atoms. The molecule has 0 aliphatic carbocycles. The standard InChI is InChI=1S/C12H17ClN2O3S/c1-12(2,3)15-11(16)7-19(17,18)10-6-8(14)4-5-9(10)13/h4-6H,7,14H2,1-3H3,(H,15,16). The monoisotopic (exact) mass is 304 g/mol. The van der Waals surface area contributed by atoms with Crippen LogP contribution in [-0.4, -0.2) is 25.6 Å². The summed E-state index contributed by atoms with van der Waals surface area (Å²) >= 11 is 5.83. The number of amides is 1. The molecule has 1 aromatic rings. The fourth-order valence-corrected chi connectivity index (χ4v) is 3.19. The van der Waals surface area contributed by atoms with Gasteiger partial charge < -0.3 is 11.1 Å². The highest BCUT2D eigenvalue weighted by Gasteiger charge is 2.24. The highest BCUT2D eigenvalue weighted by Crippen LogP contribution is 2.24. The number of hydrogen-bond donors (Lipinski definition) is 2. The SMILES string of the molecule is CC(C)(C)NC(=O)CS(=O)(=O)c1cc(N)ccc1Cl. The Bertz CT molecular complexity index is 591. The smallest absolute Gasteiger partial charge is 0.235 e. The molecule has 0 fully saturated rings. The first-order valence-electron chi connectivity index (χ1n) is 5.60. The Morgan fingerprint density at radius 3 is 2.47 bits per heavy atom. The van der Waals surface area contributed by atoms with Gasteiger partial charge in [0.25, 0.3) is 0 Å². The van der Waals surface area contributed by atoms with Gasteiger partial charge in [0, 0.05) is 11.2 Å². The molecular weight excluding hydrogens is 288 g/mol. The number of nitrogens with two attached hydrogens (primary N) is 1. The van der Waals surface area contributed by atoms with E-state index in [0.29, 0.717) is 0 Å². The van der Waals surface area contributed by atoms with Gasteiger partial charge in [-0.15, -0.1) is 0 Å². The van der Waals surface area contributed by atoms with E-state index >= 15 is 0 Å². The van der Waals surface area contributed by atoms with E-state index < -0.39 is 27.0 Å². The lowest BCUT2D eigenvalue weighted by Gasteiger charge is -2.20. The van der Waals surface area contributed by atoms with E-state index in [4.69, 9.17) is 17.3 Å². The Morgan fingerprint density at radius 1 is 1.37 bits per heavy atom. The maximum Gasteiger partial charge on any atom is 0.235 e.